The number of halogens is 1. The van der Waals surface area contributed by atoms with E-state index in [9.17, 15) is 9.18 Å². The molecule has 0 bridgehead atoms. The van der Waals surface area contributed by atoms with Crippen LogP contribution in [0.2, 0.25) is 0 Å². The third-order valence-electron chi connectivity index (χ3n) is 3.84. The minimum Gasteiger partial charge on any atom is -0.355 e. The fraction of sp³-hybridized carbons (Fsp3) is 0.316. The Morgan fingerprint density at radius 1 is 1.05 bits per heavy atom. The zero-order valence-corrected chi connectivity index (χ0v) is 13.3. The highest BCUT2D eigenvalue weighted by Crippen LogP contribution is 2.22. The summed E-state index contributed by atoms with van der Waals surface area (Å²) in [5.41, 5.74) is 2.95. The van der Waals surface area contributed by atoms with Crippen LogP contribution < -0.4 is 5.32 Å². The molecule has 0 atom stereocenters. The Bertz CT molecular complexity index is 629. The Hall–Kier alpha value is -2.16. The maximum Gasteiger partial charge on any atom is 0.224 e. The number of hydrogen-bond donors (Lipinski definition) is 1. The van der Waals surface area contributed by atoms with Gasteiger partial charge in [-0.15, -0.1) is 0 Å². The standard InChI is InChI=1S/C19H22FNO/c1-14-4-6-15(7-5-14)12-18(22)21-13-19(2,3)16-8-10-17(20)11-9-16/h4-11H,12-13H2,1-3H3,(H,21,22). The van der Waals surface area contributed by atoms with Crippen molar-refractivity contribution in [2.24, 2.45) is 0 Å². The van der Waals surface area contributed by atoms with Crippen LogP contribution >= 0.6 is 0 Å². The molecule has 1 amide bonds. The van der Waals surface area contributed by atoms with Crippen molar-refractivity contribution in [3.05, 3.63) is 71.0 Å². The summed E-state index contributed by atoms with van der Waals surface area (Å²) in [6.45, 7) is 6.61. The van der Waals surface area contributed by atoms with Crippen LogP contribution in [0.15, 0.2) is 48.5 Å². The quantitative estimate of drug-likeness (QED) is 0.894. The summed E-state index contributed by atoms with van der Waals surface area (Å²) in [5, 5.41) is 2.97. The van der Waals surface area contributed by atoms with Gasteiger partial charge < -0.3 is 5.32 Å². The second kappa shape index (κ2) is 6.73. The molecular formula is C19H22FNO. The van der Waals surface area contributed by atoms with Crippen LogP contribution in [-0.4, -0.2) is 12.5 Å². The molecule has 0 unspecified atom stereocenters. The van der Waals surface area contributed by atoms with Crippen molar-refractivity contribution in [3.8, 4) is 0 Å². The van der Waals surface area contributed by atoms with E-state index in [1.807, 2.05) is 45.0 Å². The Balaban J connectivity index is 1.92. The SMILES string of the molecule is Cc1ccc(CC(=O)NCC(C)(C)c2ccc(F)cc2)cc1. The number of amides is 1. The van der Waals surface area contributed by atoms with E-state index in [4.69, 9.17) is 0 Å². The van der Waals surface area contributed by atoms with Gasteiger partial charge in [-0.3, -0.25) is 4.79 Å². The van der Waals surface area contributed by atoms with Crippen molar-refractivity contribution in [1.29, 1.82) is 0 Å². The molecule has 2 nitrogen and oxygen atoms in total. The normalized spacial score (nSPS) is 11.3. The molecule has 0 radical (unpaired) electrons. The average Bonchev–Trinajstić information content (AvgIpc) is 2.48. The summed E-state index contributed by atoms with van der Waals surface area (Å²) >= 11 is 0. The lowest BCUT2D eigenvalue weighted by atomic mass is 9.84. The summed E-state index contributed by atoms with van der Waals surface area (Å²) in [7, 11) is 0. The van der Waals surface area contributed by atoms with Crippen molar-refractivity contribution in [1.82, 2.24) is 5.32 Å². The monoisotopic (exact) mass is 299 g/mol. The smallest absolute Gasteiger partial charge is 0.224 e. The van der Waals surface area contributed by atoms with Crippen molar-refractivity contribution in [3.63, 3.8) is 0 Å². The Morgan fingerprint density at radius 3 is 2.23 bits per heavy atom. The van der Waals surface area contributed by atoms with Crippen molar-refractivity contribution in [2.75, 3.05) is 6.54 Å². The molecule has 22 heavy (non-hydrogen) atoms. The topological polar surface area (TPSA) is 29.1 Å². The maximum absolute atomic E-state index is 13.0. The molecule has 0 heterocycles. The first-order valence-corrected chi connectivity index (χ1v) is 7.45. The Morgan fingerprint density at radius 2 is 1.64 bits per heavy atom. The molecule has 2 aromatic carbocycles. The van der Waals surface area contributed by atoms with Crippen LogP contribution in [0.5, 0.6) is 0 Å². The van der Waals surface area contributed by atoms with Crippen LogP contribution in [0.4, 0.5) is 4.39 Å². The average molecular weight is 299 g/mol. The number of carbonyl (C=O) groups excluding carboxylic acids is 1. The molecule has 0 aliphatic carbocycles. The first-order chi connectivity index (χ1) is 10.4. The third-order valence-corrected chi connectivity index (χ3v) is 3.84. The lowest BCUT2D eigenvalue weighted by molar-refractivity contribution is -0.120. The molecule has 0 aromatic heterocycles. The number of hydrogen-bond acceptors (Lipinski definition) is 1. The van der Waals surface area contributed by atoms with Crippen LogP contribution in [-0.2, 0) is 16.6 Å². The van der Waals surface area contributed by atoms with E-state index in [-0.39, 0.29) is 17.1 Å². The van der Waals surface area contributed by atoms with Gasteiger partial charge in [-0.25, -0.2) is 4.39 Å². The Labute approximate surface area is 131 Å². The zero-order chi connectivity index (χ0) is 16.2. The van der Waals surface area contributed by atoms with Gasteiger partial charge in [0.1, 0.15) is 5.82 Å². The summed E-state index contributed by atoms with van der Waals surface area (Å²) in [5.74, 6) is -0.248. The number of aryl methyl sites for hydroxylation is 1. The van der Waals surface area contributed by atoms with Gasteiger partial charge in [0.2, 0.25) is 5.91 Å². The maximum atomic E-state index is 13.0. The summed E-state index contributed by atoms with van der Waals surface area (Å²) in [6.07, 6.45) is 0.375. The molecule has 3 heteroatoms. The molecule has 0 saturated heterocycles. The van der Waals surface area contributed by atoms with Gasteiger partial charge >= 0.3 is 0 Å². The number of benzene rings is 2. The minimum absolute atomic E-state index is 0.000889. The second-order valence-corrected chi connectivity index (χ2v) is 6.33. The Kier molecular flexibility index (Phi) is 4.96. The molecule has 116 valence electrons. The van der Waals surface area contributed by atoms with Gasteiger partial charge in [0.25, 0.3) is 0 Å². The molecule has 2 aromatic rings. The fourth-order valence-corrected chi connectivity index (χ4v) is 2.28. The highest BCUT2D eigenvalue weighted by atomic mass is 19.1. The van der Waals surface area contributed by atoms with Gasteiger partial charge in [0.05, 0.1) is 6.42 Å². The van der Waals surface area contributed by atoms with E-state index in [2.05, 4.69) is 5.32 Å². The van der Waals surface area contributed by atoms with Crippen molar-refractivity contribution < 1.29 is 9.18 Å². The summed E-state index contributed by atoms with van der Waals surface area (Å²) in [6, 6.07) is 14.4. The van der Waals surface area contributed by atoms with E-state index >= 15 is 0 Å². The van der Waals surface area contributed by atoms with Gasteiger partial charge in [0, 0.05) is 12.0 Å². The molecule has 0 saturated carbocycles. The molecular weight excluding hydrogens is 277 g/mol. The van der Waals surface area contributed by atoms with E-state index in [1.165, 1.54) is 17.7 Å². The van der Waals surface area contributed by atoms with Gasteiger partial charge in [-0.2, -0.15) is 0 Å². The van der Waals surface area contributed by atoms with Crippen molar-refractivity contribution >= 4 is 5.91 Å². The lowest BCUT2D eigenvalue weighted by Gasteiger charge is -2.25. The highest BCUT2D eigenvalue weighted by molar-refractivity contribution is 5.78. The van der Waals surface area contributed by atoms with Crippen molar-refractivity contribution in [2.45, 2.75) is 32.6 Å². The predicted octanol–water partition coefficient (Wildman–Crippen LogP) is 3.77. The first kappa shape index (κ1) is 16.2. The molecule has 2 rings (SSSR count). The van der Waals surface area contributed by atoms with Gasteiger partial charge in [-0.05, 0) is 30.2 Å². The minimum atomic E-state index is -0.247. The van der Waals surface area contributed by atoms with Crippen LogP contribution in [0.3, 0.4) is 0 Å². The van der Waals surface area contributed by atoms with E-state index in [0.29, 0.717) is 13.0 Å². The lowest BCUT2D eigenvalue weighted by Crippen LogP contribution is -2.37. The van der Waals surface area contributed by atoms with Crippen LogP contribution in [0, 0.1) is 12.7 Å². The number of carbonyl (C=O) groups is 1. The van der Waals surface area contributed by atoms with Crippen LogP contribution in [0.25, 0.3) is 0 Å². The van der Waals surface area contributed by atoms with Gasteiger partial charge in [0.15, 0.2) is 0 Å². The predicted molar refractivity (Wildman–Crippen MR) is 87.3 cm³/mol. The fourth-order valence-electron chi connectivity index (χ4n) is 2.28. The first-order valence-electron chi connectivity index (χ1n) is 7.45. The van der Waals surface area contributed by atoms with E-state index in [0.717, 1.165) is 11.1 Å². The molecule has 0 fully saturated rings. The van der Waals surface area contributed by atoms with Gasteiger partial charge in [-0.1, -0.05) is 55.8 Å². The van der Waals surface area contributed by atoms with Crippen LogP contribution in [0.1, 0.15) is 30.5 Å². The second-order valence-electron chi connectivity index (χ2n) is 6.33. The summed E-state index contributed by atoms with van der Waals surface area (Å²) in [4.78, 5) is 12.1. The largest absolute Gasteiger partial charge is 0.355 e. The van der Waals surface area contributed by atoms with E-state index in [1.54, 1.807) is 12.1 Å². The third kappa shape index (κ3) is 4.42. The summed E-state index contributed by atoms with van der Waals surface area (Å²) < 4.78 is 13.0. The highest BCUT2D eigenvalue weighted by Gasteiger charge is 2.21. The number of rotatable bonds is 5. The molecule has 0 spiro atoms. The van der Waals surface area contributed by atoms with E-state index < -0.39 is 0 Å². The molecule has 0 aliphatic heterocycles. The molecule has 1 N–H and O–H groups in total. The zero-order valence-electron chi connectivity index (χ0n) is 13.3. The molecule has 0 aliphatic rings. The number of nitrogens with one attached hydrogen (secondary N) is 1.